The smallest absolute Gasteiger partial charge is 0.277 e. The predicted octanol–water partition coefficient (Wildman–Crippen LogP) is 0.572. The highest BCUT2D eigenvalue weighted by Gasteiger charge is 2.52. The lowest BCUT2D eigenvalue weighted by Crippen LogP contribution is -2.64. The first-order valence-corrected chi connectivity index (χ1v) is 6.31. The Labute approximate surface area is 121 Å². The number of nitrogens with one attached hydrogen (secondary N) is 1. The molecule has 0 spiro atoms. The number of barbiturate groups is 1. The summed E-state index contributed by atoms with van der Waals surface area (Å²) in [6.45, 7) is -0.130. The molecule has 4 amide bonds. The molecule has 1 fully saturated rings. The molecule has 0 aliphatic carbocycles. The van der Waals surface area contributed by atoms with Gasteiger partial charge in [0.05, 0.1) is 24.6 Å². The third-order valence-corrected chi connectivity index (χ3v) is 3.33. The summed E-state index contributed by atoms with van der Waals surface area (Å²) in [5.74, 6) is -1.52. The van der Waals surface area contributed by atoms with Crippen molar-refractivity contribution < 1.29 is 14.4 Å². The van der Waals surface area contributed by atoms with Crippen LogP contribution in [0.2, 0.25) is 0 Å². The molecule has 1 rings (SSSR count). The molecular formula is C13H13N5O3. The predicted molar refractivity (Wildman–Crippen MR) is 67.6 cm³/mol. The molecule has 0 aromatic heterocycles. The molecule has 1 aliphatic heterocycles. The highest BCUT2D eigenvalue weighted by Crippen LogP contribution is 2.35. The molecule has 0 aromatic rings. The fraction of sp³-hybridized carbons (Fsp3) is 0.538. The molecule has 0 unspecified atom stereocenters. The van der Waals surface area contributed by atoms with Crippen molar-refractivity contribution in [3.8, 4) is 18.2 Å². The van der Waals surface area contributed by atoms with Crippen molar-refractivity contribution in [1.29, 1.82) is 15.8 Å². The molecule has 1 heterocycles. The van der Waals surface area contributed by atoms with E-state index in [9.17, 15) is 14.4 Å². The van der Waals surface area contributed by atoms with Gasteiger partial charge in [-0.05, 0) is 12.8 Å². The summed E-state index contributed by atoms with van der Waals surface area (Å²) in [5.41, 5.74) is -1.59. The zero-order valence-electron chi connectivity index (χ0n) is 11.3. The molecule has 8 nitrogen and oxygen atoms in total. The lowest BCUT2D eigenvalue weighted by molar-refractivity contribution is -0.152. The van der Waals surface area contributed by atoms with Crippen LogP contribution in [0.25, 0.3) is 0 Å². The van der Waals surface area contributed by atoms with Crippen molar-refractivity contribution in [1.82, 2.24) is 10.2 Å². The molecule has 0 radical (unpaired) electrons. The van der Waals surface area contributed by atoms with Gasteiger partial charge in [0, 0.05) is 19.4 Å². The third kappa shape index (κ3) is 3.16. The van der Waals surface area contributed by atoms with E-state index in [1.54, 1.807) is 0 Å². The van der Waals surface area contributed by atoms with Gasteiger partial charge in [-0.2, -0.15) is 15.8 Å². The molecule has 0 saturated carbocycles. The summed E-state index contributed by atoms with van der Waals surface area (Å²) >= 11 is 0. The van der Waals surface area contributed by atoms with Crippen LogP contribution in [0.4, 0.5) is 4.79 Å². The Bertz CT molecular complexity index is 560. The van der Waals surface area contributed by atoms with E-state index in [2.05, 4.69) is 5.32 Å². The first-order chi connectivity index (χ1) is 10.0. The van der Waals surface area contributed by atoms with Gasteiger partial charge in [-0.1, -0.05) is 0 Å². The van der Waals surface area contributed by atoms with Crippen LogP contribution < -0.4 is 5.32 Å². The van der Waals surface area contributed by atoms with E-state index in [0.29, 0.717) is 0 Å². The van der Waals surface area contributed by atoms with Gasteiger partial charge in [-0.25, -0.2) is 4.79 Å². The standard InChI is InChI=1S/C13H13N5O3/c14-6-1-4-13(5-2-7-15)10(19)17-12(21)18(11(13)20)9-3-8-16/h1-5,9H2,(H,17,19,21). The molecule has 0 atom stereocenters. The zero-order valence-corrected chi connectivity index (χ0v) is 11.3. The van der Waals surface area contributed by atoms with Crippen LogP contribution in [0.15, 0.2) is 0 Å². The van der Waals surface area contributed by atoms with Crippen molar-refractivity contribution in [2.75, 3.05) is 6.54 Å². The number of amides is 4. The van der Waals surface area contributed by atoms with E-state index in [0.717, 1.165) is 4.90 Å². The Balaban J connectivity index is 3.13. The first kappa shape index (κ1) is 16.1. The van der Waals surface area contributed by atoms with E-state index in [1.165, 1.54) is 0 Å². The molecule has 108 valence electrons. The van der Waals surface area contributed by atoms with Crippen LogP contribution >= 0.6 is 0 Å². The van der Waals surface area contributed by atoms with Gasteiger partial charge in [0.25, 0.3) is 0 Å². The van der Waals surface area contributed by atoms with Crippen molar-refractivity contribution in [3.63, 3.8) is 0 Å². The summed E-state index contributed by atoms with van der Waals surface area (Å²) in [6.07, 6.45) is -0.284. The maximum Gasteiger partial charge on any atom is 0.330 e. The number of nitriles is 3. The Kier molecular flexibility index (Phi) is 5.39. The second kappa shape index (κ2) is 7.02. The molecule has 0 aromatic carbocycles. The van der Waals surface area contributed by atoms with E-state index in [-0.39, 0.29) is 38.6 Å². The normalized spacial score (nSPS) is 16.6. The average Bonchev–Trinajstić information content (AvgIpc) is 2.46. The second-order valence-corrected chi connectivity index (χ2v) is 4.52. The van der Waals surface area contributed by atoms with Crippen molar-refractivity contribution >= 4 is 17.8 Å². The average molecular weight is 287 g/mol. The lowest BCUT2D eigenvalue weighted by atomic mass is 9.75. The van der Waals surface area contributed by atoms with E-state index >= 15 is 0 Å². The van der Waals surface area contributed by atoms with Gasteiger partial charge in [0.2, 0.25) is 11.8 Å². The highest BCUT2D eigenvalue weighted by atomic mass is 16.2. The quantitative estimate of drug-likeness (QED) is 0.709. The van der Waals surface area contributed by atoms with Gasteiger partial charge in [-0.15, -0.1) is 0 Å². The summed E-state index contributed by atoms with van der Waals surface area (Å²) in [5, 5.41) is 28.0. The van der Waals surface area contributed by atoms with Crippen LogP contribution in [0.1, 0.15) is 32.1 Å². The number of imide groups is 2. The number of rotatable bonds is 6. The number of nitrogens with zero attached hydrogens (tertiary/aromatic N) is 4. The van der Waals surface area contributed by atoms with Crippen LogP contribution in [0.3, 0.4) is 0 Å². The van der Waals surface area contributed by atoms with E-state index in [4.69, 9.17) is 15.8 Å². The molecule has 1 saturated heterocycles. The largest absolute Gasteiger partial charge is 0.330 e. The zero-order chi connectivity index (χ0) is 15.9. The maximum atomic E-state index is 12.5. The summed E-state index contributed by atoms with van der Waals surface area (Å²) in [7, 11) is 0. The lowest BCUT2D eigenvalue weighted by Gasteiger charge is -2.38. The van der Waals surface area contributed by atoms with E-state index < -0.39 is 23.3 Å². The molecule has 0 bridgehead atoms. The number of hydrogen-bond acceptors (Lipinski definition) is 6. The maximum absolute atomic E-state index is 12.5. The fourth-order valence-electron chi connectivity index (χ4n) is 2.20. The topological polar surface area (TPSA) is 138 Å². The Morgan fingerprint density at radius 2 is 1.48 bits per heavy atom. The molecule has 8 heteroatoms. The van der Waals surface area contributed by atoms with Gasteiger partial charge in [0.15, 0.2) is 0 Å². The minimum Gasteiger partial charge on any atom is -0.277 e. The minimum atomic E-state index is -1.59. The van der Waals surface area contributed by atoms with Crippen LogP contribution in [0, 0.1) is 39.4 Å². The third-order valence-electron chi connectivity index (χ3n) is 3.33. The van der Waals surface area contributed by atoms with Gasteiger partial charge >= 0.3 is 6.03 Å². The SMILES string of the molecule is N#CCCN1C(=O)NC(=O)C(CCC#N)(CCC#N)C1=O. The number of urea groups is 1. The highest BCUT2D eigenvalue weighted by molar-refractivity contribution is 6.19. The summed E-state index contributed by atoms with van der Waals surface area (Å²) in [6, 6.07) is 4.66. The molecular weight excluding hydrogens is 274 g/mol. The molecule has 21 heavy (non-hydrogen) atoms. The van der Waals surface area contributed by atoms with Gasteiger partial charge in [0.1, 0.15) is 5.41 Å². The number of carbonyl (C=O) groups excluding carboxylic acids is 3. The molecule has 1 N–H and O–H groups in total. The Morgan fingerprint density at radius 3 is 1.95 bits per heavy atom. The van der Waals surface area contributed by atoms with Crippen LogP contribution in [-0.2, 0) is 9.59 Å². The van der Waals surface area contributed by atoms with Crippen LogP contribution in [-0.4, -0.2) is 29.3 Å². The van der Waals surface area contributed by atoms with Gasteiger partial charge in [-0.3, -0.25) is 19.8 Å². The Hall–Kier alpha value is -2.92. The first-order valence-electron chi connectivity index (χ1n) is 6.31. The second-order valence-electron chi connectivity index (χ2n) is 4.52. The Morgan fingerprint density at radius 1 is 0.952 bits per heavy atom. The van der Waals surface area contributed by atoms with Crippen LogP contribution in [0.5, 0.6) is 0 Å². The van der Waals surface area contributed by atoms with Crippen molar-refractivity contribution in [2.45, 2.75) is 32.1 Å². The van der Waals surface area contributed by atoms with E-state index in [1.807, 2.05) is 18.2 Å². The van der Waals surface area contributed by atoms with Gasteiger partial charge < -0.3 is 0 Å². The van der Waals surface area contributed by atoms with Crippen molar-refractivity contribution in [3.05, 3.63) is 0 Å². The minimum absolute atomic E-state index is 0.0507. The fourth-order valence-corrected chi connectivity index (χ4v) is 2.20. The van der Waals surface area contributed by atoms with Crippen molar-refractivity contribution in [2.24, 2.45) is 5.41 Å². The number of carbonyl (C=O) groups is 3. The monoisotopic (exact) mass is 287 g/mol. The summed E-state index contributed by atoms with van der Waals surface area (Å²) < 4.78 is 0. The molecule has 1 aliphatic rings. The number of hydrogen-bond donors (Lipinski definition) is 1. The summed E-state index contributed by atoms with van der Waals surface area (Å²) in [4.78, 5) is 37.1.